The number of nitrogens with zero attached hydrogens (tertiary/aromatic N) is 1. The molecule has 0 saturated carbocycles. The van der Waals surface area contributed by atoms with Crippen LogP contribution in [0.25, 0.3) is 0 Å². The number of nitriles is 1. The first-order valence-electron chi connectivity index (χ1n) is 5.76. The van der Waals surface area contributed by atoms with Crippen LogP contribution in [0.15, 0.2) is 29.6 Å². The highest BCUT2D eigenvalue weighted by molar-refractivity contribution is 7.10. The second-order valence-corrected chi connectivity index (χ2v) is 5.19. The molecule has 0 fully saturated rings. The minimum atomic E-state index is -0.840. The summed E-state index contributed by atoms with van der Waals surface area (Å²) in [5.41, 5.74) is 1.33. The predicted octanol–water partition coefficient (Wildman–Crippen LogP) is 3.75. The number of thiophene rings is 1. The third kappa shape index (κ3) is 3.37. The Balaban J connectivity index is 1.99. The maximum atomic E-state index is 13.1. The Kier molecular flexibility index (Phi) is 4.25. The number of hydrogen-bond donors (Lipinski definition) is 1. The second kappa shape index (κ2) is 5.91. The summed E-state index contributed by atoms with van der Waals surface area (Å²) in [5, 5.41) is 13.7. The van der Waals surface area contributed by atoms with Gasteiger partial charge >= 0.3 is 0 Å². The highest BCUT2D eigenvalue weighted by atomic mass is 32.1. The van der Waals surface area contributed by atoms with E-state index < -0.39 is 11.6 Å². The molecule has 0 saturated heterocycles. The molecule has 0 aliphatic rings. The van der Waals surface area contributed by atoms with E-state index >= 15 is 0 Å². The van der Waals surface area contributed by atoms with Crippen molar-refractivity contribution in [1.29, 1.82) is 5.26 Å². The standard InChI is InChI=1S/C14H12F2N2S/c1-9(11-2-3-13(15)14(16)5-11)18-7-12-4-10(6-17)8-19-12/h2-5,8-9,18H,7H2,1H3. The summed E-state index contributed by atoms with van der Waals surface area (Å²) in [6, 6.07) is 7.68. The van der Waals surface area contributed by atoms with E-state index in [1.54, 1.807) is 11.4 Å². The second-order valence-electron chi connectivity index (χ2n) is 4.19. The van der Waals surface area contributed by atoms with Gasteiger partial charge in [0.15, 0.2) is 11.6 Å². The zero-order chi connectivity index (χ0) is 13.8. The third-order valence-electron chi connectivity index (χ3n) is 2.81. The van der Waals surface area contributed by atoms with Crippen molar-refractivity contribution in [3.63, 3.8) is 0 Å². The molecule has 1 atom stereocenters. The maximum absolute atomic E-state index is 13.1. The molecule has 2 rings (SSSR count). The Hall–Kier alpha value is -1.77. The summed E-state index contributed by atoms with van der Waals surface area (Å²) in [5.74, 6) is -1.68. The fourth-order valence-corrected chi connectivity index (χ4v) is 2.45. The van der Waals surface area contributed by atoms with Crippen LogP contribution in [0, 0.1) is 23.0 Å². The molecule has 5 heteroatoms. The van der Waals surface area contributed by atoms with Gasteiger partial charge in [-0.2, -0.15) is 5.26 Å². The van der Waals surface area contributed by atoms with Crippen molar-refractivity contribution >= 4 is 11.3 Å². The monoisotopic (exact) mass is 278 g/mol. The summed E-state index contributed by atoms with van der Waals surface area (Å²) < 4.78 is 25.9. The Morgan fingerprint density at radius 1 is 1.32 bits per heavy atom. The van der Waals surface area contributed by atoms with E-state index in [4.69, 9.17) is 5.26 Å². The number of nitrogens with one attached hydrogen (secondary N) is 1. The molecule has 0 bridgehead atoms. The van der Waals surface area contributed by atoms with Crippen LogP contribution in [-0.4, -0.2) is 0 Å². The fourth-order valence-electron chi connectivity index (χ4n) is 1.69. The molecule has 1 unspecified atom stereocenters. The van der Waals surface area contributed by atoms with Crippen LogP contribution in [0.1, 0.15) is 29.0 Å². The van der Waals surface area contributed by atoms with Gasteiger partial charge in [0.05, 0.1) is 5.56 Å². The highest BCUT2D eigenvalue weighted by Gasteiger charge is 2.09. The lowest BCUT2D eigenvalue weighted by Crippen LogP contribution is -2.17. The van der Waals surface area contributed by atoms with E-state index in [0.29, 0.717) is 17.7 Å². The molecule has 19 heavy (non-hydrogen) atoms. The van der Waals surface area contributed by atoms with Crippen molar-refractivity contribution in [2.24, 2.45) is 0 Å². The summed E-state index contributed by atoms with van der Waals surface area (Å²) >= 11 is 1.50. The van der Waals surface area contributed by atoms with Gasteiger partial charge in [-0.15, -0.1) is 11.3 Å². The summed E-state index contributed by atoms with van der Waals surface area (Å²) in [7, 11) is 0. The molecule has 1 aromatic carbocycles. The summed E-state index contributed by atoms with van der Waals surface area (Å²) in [4.78, 5) is 1.03. The highest BCUT2D eigenvalue weighted by Crippen LogP contribution is 2.18. The Morgan fingerprint density at radius 3 is 2.74 bits per heavy atom. The van der Waals surface area contributed by atoms with Crippen LogP contribution in [0.3, 0.4) is 0 Å². The molecule has 1 N–H and O–H groups in total. The smallest absolute Gasteiger partial charge is 0.159 e. The van der Waals surface area contributed by atoms with E-state index in [2.05, 4.69) is 11.4 Å². The quantitative estimate of drug-likeness (QED) is 0.924. The first-order chi connectivity index (χ1) is 9.10. The minimum Gasteiger partial charge on any atom is -0.305 e. The number of halogens is 2. The number of rotatable bonds is 4. The van der Waals surface area contributed by atoms with Crippen LogP contribution in [0.4, 0.5) is 8.78 Å². The average Bonchev–Trinajstić information content (AvgIpc) is 2.87. The average molecular weight is 278 g/mol. The van der Waals surface area contributed by atoms with Crippen molar-refractivity contribution in [3.05, 3.63) is 57.3 Å². The number of benzene rings is 1. The summed E-state index contributed by atoms with van der Waals surface area (Å²) in [6.45, 7) is 2.47. The van der Waals surface area contributed by atoms with E-state index in [9.17, 15) is 8.78 Å². The molecular formula is C14H12F2N2S. The van der Waals surface area contributed by atoms with Crippen LogP contribution in [-0.2, 0) is 6.54 Å². The Bertz CT molecular complexity index is 616. The lowest BCUT2D eigenvalue weighted by Gasteiger charge is -2.13. The summed E-state index contributed by atoms with van der Waals surface area (Å²) in [6.07, 6.45) is 0. The van der Waals surface area contributed by atoms with Gasteiger partial charge in [-0.1, -0.05) is 6.07 Å². The van der Waals surface area contributed by atoms with Gasteiger partial charge in [-0.05, 0) is 30.7 Å². The lowest BCUT2D eigenvalue weighted by atomic mass is 10.1. The third-order valence-corrected chi connectivity index (χ3v) is 3.75. The predicted molar refractivity (Wildman–Crippen MR) is 70.6 cm³/mol. The van der Waals surface area contributed by atoms with Crippen molar-refractivity contribution < 1.29 is 8.78 Å². The molecule has 0 spiro atoms. The molecule has 98 valence electrons. The van der Waals surface area contributed by atoms with Crippen molar-refractivity contribution in [1.82, 2.24) is 5.32 Å². The van der Waals surface area contributed by atoms with Gasteiger partial charge in [0.2, 0.25) is 0 Å². The van der Waals surface area contributed by atoms with Crippen LogP contribution >= 0.6 is 11.3 Å². The van der Waals surface area contributed by atoms with Gasteiger partial charge in [-0.3, -0.25) is 0 Å². The lowest BCUT2D eigenvalue weighted by molar-refractivity contribution is 0.501. The molecule has 2 nitrogen and oxygen atoms in total. The molecular weight excluding hydrogens is 266 g/mol. The molecule has 2 aromatic rings. The Morgan fingerprint density at radius 2 is 2.11 bits per heavy atom. The molecule has 0 radical (unpaired) electrons. The molecule has 1 aromatic heterocycles. The first-order valence-corrected chi connectivity index (χ1v) is 6.64. The van der Waals surface area contributed by atoms with Gasteiger partial charge in [0.25, 0.3) is 0 Å². The van der Waals surface area contributed by atoms with Crippen molar-refractivity contribution in [2.75, 3.05) is 0 Å². The van der Waals surface area contributed by atoms with E-state index in [1.807, 2.05) is 13.0 Å². The normalized spacial score (nSPS) is 12.1. The van der Waals surface area contributed by atoms with Crippen molar-refractivity contribution in [3.8, 4) is 6.07 Å². The minimum absolute atomic E-state index is 0.0947. The molecule has 1 heterocycles. The fraction of sp³-hybridized carbons (Fsp3) is 0.214. The molecule has 0 aliphatic heterocycles. The first kappa shape index (κ1) is 13.7. The Labute approximate surface area is 114 Å². The van der Waals surface area contributed by atoms with Crippen molar-refractivity contribution in [2.45, 2.75) is 19.5 Å². The van der Waals surface area contributed by atoms with Gasteiger partial charge < -0.3 is 5.32 Å². The SMILES string of the molecule is CC(NCc1cc(C#N)cs1)c1ccc(F)c(F)c1. The van der Waals surface area contributed by atoms with E-state index in [0.717, 1.165) is 10.9 Å². The van der Waals surface area contributed by atoms with Crippen LogP contribution in [0.5, 0.6) is 0 Å². The largest absolute Gasteiger partial charge is 0.305 e. The molecule has 0 amide bonds. The molecule has 0 aliphatic carbocycles. The number of hydrogen-bond acceptors (Lipinski definition) is 3. The maximum Gasteiger partial charge on any atom is 0.159 e. The van der Waals surface area contributed by atoms with Gasteiger partial charge in [0, 0.05) is 22.8 Å². The van der Waals surface area contributed by atoms with Crippen LogP contribution < -0.4 is 5.32 Å². The van der Waals surface area contributed by atoms with E-state index in [-0.39, 0.29) is 6.04 Å². The zero-order valence-corrected chi connectivity index (χ0v) is 11.1. The van der Waals surface area contributed by atoms with E-state index in [1.165, 1.54) is 17.4 Å². The zero-order valence-electron chi connectivity index (χ0n) is 10.3. The topological polar surface area (TPSA) is 35.8 Å². The van der Waals surface area contributed by atoms with Gasteiger partial charge in [-0.25, -0.2) is 8.78 Å². The van der Waals surface area contributed by atoms with Crippen LogP contribution in [0.2, 0.25) is 0 Å². The van der Waals surface area contributed by atoms with Gasteiger partial charge in [0.1, 0.15) is 6.07 Å².